The lowest BCUT2D eigenvalue weighted by atomic mass is 10.3. The van der Waals surface area contributed by atoms with Gasteiger partial charge in [0, 0.05) is 13.2 Å². The average molecular weight is 216 g/mol. The van der Waals surface area contributed by atoms with Crippen molar-refractivity contribution in [3.05, 3.63) is 0 Å². The Morgan fingerprint density at radius 2 is 1.71 bits per heavy atom. The van der Waals surface area contributed by atoms with Crippen molar-refractivity contribution < 1.29 is 8.85 Å². The fourth-order valence-corrected chi connectivity index (χ4v) is 5.65. The molecule has 1 aliphatic heterocycles. The summed E-state index contributed by atoms with van der Waals surface area (Å²) in [6.07, 6.45) is 6.40. The van der Waals surface area contributed by atoms with Crippen LogP contribution in [0.1, 0.15) is 46.0 Å². The van der Waals surface area contributed by atoms with E-state index in [1.54, 1.807) is 0 Å². The Balaban J connectivity index is 2.21. The minimum absolute atomic E-state index is 0.833. The zero-order chi connectivity index (χ0) is 10.3. The van der Waals surface area contributed by atoms with E-state index in [9.17, 15) is 0 Å². The second-order valence-electron chi connectivity index (χ2n) is 4.11. The van der Waals surface area contributed by atoms with Crippen molar-refractivity contribution in [1.82, 2.24) is 0 Å². The van der Waals surface area contributed by atoms with Crippen molar-refractivity contribution in [2.24, 2.45) is 0 Å². The van der Waals surface area contributed by atoms with Gasteiger partial charge in [0.1, 0.15) is 0 Å². The van der Waals surface area contributed by atoms with Crippen LogP contribution in [0.5, 0.6) is 0 Å². The molecule has 0 aliphatic carbocycles. The number of hydrogen-bond donors (Lipinski definition) is 0. The van der Waals surface area contributed by atoms with E-state index in [0.717, 1.165) is 13.2 Å². The molecule has 0 amide bonds. The smallest absolute Gasteiger partial charge is 0.338 e. The zero-order valence-electron chi connectivity index (χ0n) is 9.68. The lowest BCUT2D eigenvalue weighted by molar-refractivity contribution is 0.177. The van der Waals surface area contributed by atoms with E-state index in [4.69, 9.17) is 8.85 Å². The highest BCUT2D eigenvalue weighted by molar-refractivity contribution is 6.68. The molecule has 0 aromatic carbocycles. The normalized spacial score (nSPS) is 20.1. The molecule has 14 heavy (non-hydrogen) atoms. The van der Waals surface area contributed by atoms with E-state index < -0.39 is 8.56 Å². The van der Waals surface area contributed by atoms with Crippen molar-refractivity contribution in [1.29, 1.82) is 0 Å². The first-order valence-electron chi connectivity index (χ1n) is 6.11. The van der Waals surface area contributed by atoms with Gasteiger partial charge in [0.25, 0.3) is 0 Å². The van der Waals surface area contributed by atoms with E-state index in [-0.39, 0.29) is 0 Å². The van der Waals surface area contributed by atoms with Gasteiger partial charge >= 0.3 is 8.56 Å². The summed E-state index contributed by atoms with van der Waals surface area (Å²) in [5.74, 6) is 0. The standard InChI is InChI=1S/C11H24O2Si/c1-3-5-6-9-13-14(12-4-2)10-7-8-11-14/h3-11H2,1-2H3. The van der Waals surface area contributed by atoms with E-state index >= 15 is 0 Å². The minimum Gasteiger partial charge on any atom is -0.394 e. The lowest BCUT2D eigenvalue weighted by Gasteiger charge is -2.25. The molecule has 0 spiro atoms. The molecule has 3 heteroatoms. The summed E-state index contributed by atoms with van der Waals surface area (Å²) in [5.41, 5.74) is 0. The van der Waals surface area contributed by atoms with E-state index in [1.807, 2.05) is 0 Å². The number of unbranched alkanes of at least 4 members (excludes halogenated alkanes) is 2. The molecule has 1 saturated heterocycles. The zero-order valence-corrected chi connectivity index (χ0v) is 10.7. The molecule has 0 aromatic heterocycles. The van der Waals surface area contributed by atoms with Gasteiger partial charge < -0.3 is 8.85 Å². The molecule has 0 bridgehead atoms. The van der Waals surface area contributed by atoms with Gasteiger partial charge in [-0.05, 0) is 25.4 Å². The maximum Gasteiger partial charge on any atom is 0.338 e. The maximum atomic E-state index is 6.05. The highest BCUT2D eigenvalue weighted by Crippen LogP contribution is 2.32. The van der Waals surface area contributed by atoms with Crippen LogP contribution in [-0.2, 0) is 8.85 Å². The second-order valence-corrected chi connectivity index (χ2v) is 7.51. The molecular weight excluding hydrogens is 192 g/mol. The van der Waals surface area contributed by atoms with Crippen LogP contribution < -0.4 is 0 Å². The van der Waals surface area contributed by atoms with Gasteiger partial charge in [-0.3, -0.25) is 0 Å². The van der Waals surface area contributed by atoms with Crippen molar-refractivity contribution in [3.8, 4) is 0 Å². The summed E-state index contributed by atoms with van der Waals surface area (Å²) in [6, 6.07) is 2.46. The molecule has 1 heterocycles. The fourth-order valence-electron chi connectivity index (χ4n) is 2.12. The number of hydrogen-bond acceptors (Lipinski definition) is 2. The van der Waals surface area contributed by atoms with E-state index in [1.165, 1.54) is 44.2 Å². The van der Waals surface area contributed by atoms with E-state index in [0.29, 0.717) is 0 Å². The molecule has 1 aliphatic rings. The fraction of sp³-hybridized carbons (Fsp3) is 1.00. The van der Waals surface area contributed by atoms with Gasteiger partial charge in [-0.25, -0.2) is 0 Å². The monoisotopic (exact) mass is 216 g/mol. The Morgan fingerprint density at radius 1 is 1.00 bits per heavy atom. The molecule has 84 valence electrons. The Kier molecular flexibility index (Phi) is 5.75. The Hall–Kier alpha value is 0.137. The molecule has 0 unspecified atom stereocenters. The predicted molar refractivity (Wildman–Crippen MR) is 61.7 cm³/mol. The molecule has 0 atom stereocenters. The van der Waals surface area contributed by atoms with Crippen LogP contribution in [0.2, 0.25) is 12.1 Å². The van der Waals surface area contributed by atoms with Gasteiger partial charge in [-0.2, -0.15) is 0 Å². The van der Waals surface area contributed by atoms with Gasteiger partial charge in [0.15, 0.2) is 0 Å². The summed E-state index contributed by atoms with van der Waals surface area (Å²) in [5, 5.41) is 0. The largest absolute Gasteiger partial charge is 0.394 e. The van der Waals surface area contributed by atoms with Crippen LogP contribution in [0, 0.1) is 0 Å². The van der Waals surface area contributed by atoms with Crippen LogP contribution in [0.25, 0.3) is 0 Å². The number of rotatable bonds is 7. The SMILES string of the molecule is CCCCCO[Si]1(OCC)CCCC1. The molecule has 1 fully saturated rings. The van der Waals surface area contributed by atoms with Crippen LogP contribution in [0.4, 0.5) is 0 Å². The van der Waals surface area contributed by atoms with Crippen LogP contribution in [0.15, 0.2) is 0 Å². The molecule has 0 radical (unpaired) electrons. The molecule has 2 nitrogen and oxygen atoms in total. The Bertz CT molecular complexity index is 144. The Morgan fingerprint density at radius 3 is 2.29 bits per heavy atom. The summed E-state index contributed by atoms with van der Waals surface area (Å²) >= 11 is 0. The third-order valence-electron chi connectivity index (χ3n) is 2.89. The summed E-state index contributed by atoms with van der Waals surface area (Å²) in [4.78, 5) is 0. The predicted octanol–water partition coefficient (Wildman–Crippen LogP) is 3.47. The van der Waals surface area contributed by atoms with Crippen LogP contribution in [-0.4, -0.2) is 21.8 Å². The first-order chi connectivity index (χ1) is 6.83. The first-order valence-corrected chi connectivity index (χ1v) is 8.34. The summed E-state index contributed by atoms with van der Waals surface area (Å²) < 4.78 is 11.9. The van der Waals surface area contributed by atoms with Crippen molar-refractivity contribution in [3.63, 3.8) is 0 Å². The van der Waals surface area contributed by atoms with Gasteiger partial charge in [0.2, 0.25) is 0 Å². The summed E-state index contributed by atoms with van der Waals surface area (Å²) in [7, 11) is -1.68. The molecular formula is C11H24O2Si. The molecule has 0 saturated carbocycles. The topological polar surface area (TPSA) is 18.5 Å². The molecule has 0 aromatic rings. The van der Waals surface area contributed by atoms with E-state index in [2.05, 4.69) is 13.8 Å². The van der Waals surface area contributed by atoms with Crippen molar-refractivity contribution in [2.75, 3.05) is 13.2 Å². The quantitative estimate of drug-likeness (QED) is 0.479. The third-order valence-corrected chi connectivity index (χ3v) is 6.66. The highest BCUT2D eigenvalue weighted by atomic mass is 28.4. The second kappa shape index (κ2) is 6.59. The lowest BCUT2D eigenvalue weighted by Crippen LogP contribution is -2.39. The first kappa shape index (κ1) is 12.2. The molecule has 0 N–H and O–H groups in total. The third kappa shape index (κ3) is 3.71. The van der Waals surface area contributed by atoms with Gasteiger partial charge in [0.05, 0.1) is 0 Å². The van der Waals surface area contributed by atoms with Gasteiger partial charge in [-0.1, -0.05) is 32.6 Å². The van der Waals surface area contributed by atoms with Gasteiger partial charge in [-0.15, -0.1) is 0 Å². The van der Waals surface area contributed by atoms with Crippen molar-refractivity contribution >= 4 is 8.56 Å². The average Bonchev–Trinajstić information content (AvgIpc) is 2.63. The van der Waals surface area contributed by atoms with Crippen molar-refractivity contribution in [2.45, 2.75) is 58.0 Å². The Labute approximate surface area is 89.2 Å². The summed E-state index contributed by atoms with van der Waals surface area (Å²) in [6.45, 7) is 6.08. The highest BCUT2D eigenvalue weighted by Gasteiger charge is 2.40. The van der Waals surface area contributed by atoms with Crippen LogP contribution >= 0.6 is 0 Å². The van der Waals surface area contributed by atoms with Crippen LogP contribution in [0.3, 0.4) is 0 Å². The maximum absolute atomic E-state index is 6.05. The minimum atomic E-state index is -1.68. The molecule has 1 rings (SSSR count).